The Bertz CT molecular complexity index is 1050. The molecular formula is C20H14ClNO2. The molecule has 1 aromatic heterocycles. The third-order valence-corrected chi connectivity index (χ3v) is 4.27. The number of carbonyl (C=O) groups is 1. The van der Waals surface area contributed by atoms with Crippen molar-refractivity contribution >= 4 is 44.9 Å². The lowest BCUT2D eigenvalue weighted by atomic mass is 10.1. The Kier molecular flexibility index (Phi) is 3.71. The Morgan fingerprint density at radius 1 is 1.00 bits per heavy atom. The second-order valence-electron chi connectivity index (χ2n) is 5.65. The molecule has 0 saturated heterocycles. The summed E-state index contributed by atoms with van der Waals surface area (Å²) < 4.78 is 5.49. The van der Waals surface area contributed by atoms with Crippen LogP contribution in [0.5, 0.6) is 0 Å². The van der Waals surface area contributed by atoms with Gasteiger partial charge >= 0.3 is 0 Å². The maximum atomic E-state index is 12.5. The molecule has 24 heavy (non-hydrogen) atoms. The molecule has 1 heterocycles. The van der Waals surface area contributed by atoms with Gasteiger partial charge in [-0.2, -0.15) is 0 Å². The molecule has 1 N–H and O–H groups in total. The van der Waals surface area contributed by atoms with Gasteiger partial charge in [0.05, 0.1) is 12.7 Å². The van der Waals surface area contributed by atoms with E-state index in [0.717, 1.165) is 33.0 Å². The first-order chi connectivity index (χ1) is 11.7. The third-order valence-electron chi connectivity index (χ3n) is 4.03. The fourth-order valence-electron chi connectivity index (χ4n) is 2.89. The predicted octanol–water partition coefficient (Wildman–Crippen LogP) is 5.42. The van der Waals surface area contributed by atoms with Crippen LogP contribution < -0.4 is 5.32 Å². The van der Waals surface area contributed by atoms with Crippen LogP contribution in [0.2, 0.25) is 5.02 Å². The van der Waals surface area contributed by atoms with Crippen LogP contribution in [-0.2, 0) is 11.2 Å². The fraction of sp³-hybridized carbons (Fsp3) is 0.0500. The summed E-state index contributed by atoms with van der Waals surface area (Å²) in [6.45, 7) is 0. The number of fused-ring (bicyclic) bond motifs is 2. The van der Waals surface area contributed by atoms with E-state index in [9.17, 15) is 4.79 Å². The maximum Gasteiger partial charge on any atom is 0.228 e. The summed E-state index contributed by atoms with van der Waals surface area (Å²) in [6, 6.07) is 19.2. The SMILES string of the molecule is O=C(Cc1coc2ccc(Cl)cc12)Nc1cccc2ccccc12. The zero-order valence-corrected chi connectivity index (χ0v) is 13.5. The van der Waals surface area contributed by atoms with Gasteiger partial charge in [0.1, 0.15) is 5.58 Å². The first-order valence-corrected chi connectivity index (χ1v) is 8.02. The van der Waals surface area contributed by atoms with Crippen LogP contribution in [0, 0.1) is 0 Å². The number of anilines is 1. The molecule has 0 atom stereocenters. The lowest BCUT2D eigenvalue weighted by molar-refractivity contribution is -0.115. The third kappa shape index (κ3) is 2.74. The summed E-state index contributed by atoms with van der Waals surface area (Å²) in [5.74, 6) is -0.0889. The number of hydrogen-bond donors (Lipinski definition) is 1. The largest absolute Gasteiger partial charge is 0.464 e. The van der Waals surface area contributed by atoms with Gasteiger partial charge in [-0.25, -0.2) is 0 Å². The summed E-state index contributed by atoms with van der Waals surface area (Å²) in [5.41, 5.74) is 2.36. The number of nitrogens with one attached hydrogen (secondary N) is 1. The molecule has 0 unspecified atom stereocenters. The van der Waals surface area contributed by atoms with Gasteiger partial charge in [0.2, 0.25) is 5.91 Å². The van der Waals surface area contributed by atoms with Crippen LogP contribution in [0.1, 0.15) is 5.56 Å². The lowest BCUT2D eigenvalue weighted by Crippen LogP contribution is -2.14. The van der Waals surface area contributed by atoms with Gasteiger partial charge in [-0.1, -0.05) is 48.0 Å². The van der Waals surface area contributed by atoms with E-state index in [1.54, 1.807) is 12.3 Å². The summed E-state index contributed by atoms with van der Waals surface area (Å²) in [7, 11) is 0. The van der Waals surface area contributed by atoms with Gasteiger partial charge < -0.3 is 9.73 Å². The van der Waals surface area contributed by atoms with Crippen molar-refractivity contribution in [2.45, 2.75) is 6.42 Å². The van der Waals surface area contributed by atoms with E-state index >= 15 is 0 Å². The monoisotopic (exact) mass is 335 g/mol. The van der Waals surface area contributed by atoms with Crippen molar-refractivity contribution in [3.8, 4) is 0 Å². The van der Waals surface area contributed by atoms with Crippen LogP contribution in [0.15, 0.2) is 71.3 Å². The average Bonchev–Trinajstić information content (AvgIpc) is 2.97. The molecule has 4 aromatic rings. The molecule has 3 nitrogen and oxygen atoms in total. The van der Waals surface area contributed by atoms with E-state index in [0.29, 0.717) is 5.02 Å². The van der Waals surface area contributed by atoms with Crippen LogP contribution in [0.4, 0.5) is 5.69 Å². The first-order valence-electron chi connectivity index (χ1n) is 7.64. The zero-order valence-electron chi connectivity index (χ0n) is 12.8. The molecule has 0 aliphatic heterocycles. The molecule has 4 rings (SSSR count). The van der Waals surface area contributed by atoms with Crippen molar-refractivity contribution in [2.24, 2.45) is 0 Å². The highest BCUT2D eigenvalue weighted by Gasteiger charge is 2.12. The van der Waals surface area contributed by atoms with Crippen molar-refractivity contribution in [3.63, 3.8) is 0 Å². The molecule has 0 aliphatic rings. The van der Waals surface area contributed by atoms with Crippen LogP contribution >= 0.6 is 11.6 Å². The molecular weight excluding hydrogens is 322 g/mol. The Labute approximate surface area is 143 Å². The zero-order chi connectivity index (χ0) is 16.5. The molecule has 4 heteroatoms. The van der Waals surface area contributed by atoms with E-state index in [4.69, 9.17) is 16.0 Å². The minimum Gasteiger partial charge on any atom is -0.464 e. The van der Waals surface area contributed by atoms with Crippen molar-refractivity contribution in [3.05, 3.63) is 77.5 Å². The lowest BCUT2D eigenvalue weighted by Gasteiger charge is -2.08. The van der Waals surface area contributed by atoms with E-state index < -0.39 is 0 Å². The highest BCUT2D eigenvalue weighted by atomic mass is 35.5. The van der Waals surface area contributed by atoms with Crippen LogP contribution in [0.25, 0.3) is 21.7 Å². The molecule has 0 spiro atoms. The standard InChI is InChI=1S/C20H14ClNO2/c21-15-8-9-19-17(11-15)14(12-24-19)10-20(23)22-18-7-3-5-13-4-1-2-6-16(13)18/h1-9,11-12H,10H2,(H,22,23). The quantitative estimate of drug-likeness (QED) is 0.543. The minimum atomic E-state index is -0.0889. The molecule has 1 amide bonds. The van der Waals surface area contributed by atoms with E-state index in [1.165, 1.54) is 0 Å². The summed E-state index contributed by atoms with van der Waals surface area (Å²) in [6.07, 6.45) is 1.85. The predicted molar refractivity (Wildman–Crippen MR) is 97.5 cm³/mol. The minimum absolute atomic E-state index is 0.0889. The summed E-state index contributed by atoms with van der Waals surface area (Å²) in [5, 5.41) is 6.60. The van der Waals surface area contributed by atoms with Gasteiger partial charge in [-0.3, -0.25) is 4.79 Å². The summed E-state index contributed by atoms with van der Waals surface area (Å²) >= 11 is 6.04. The smallest absolute Gasteiger partial charge is 0.228 e. The Morgan fingerprint density at radius 2 is 1.83 bits per heavy atom. The highest BCUT2D eigenvalue weighted by molar-refractivity contribution is 6.31. The number of benzene rings is 3. The fourth-order valence-corrected chi connectivity index (χ4v) is 3.06. The highest BCUT2D eigenvalue weighted by Crippen LogP contribution is 2.26. The number of rotatable bonds is 3. The molecule has 3 aromatic carbocycles. The van der Waals surface area contributed by atoms with Crippen molar-refractivity contribution < 1.29 is 9.21 Å². The van der Waals surface area contributed by atoms with Crippen LogP contribution in [0.3, 0.4) is 0 Å². The normalized spacial score (nSPS) is 11.0. The molecule has 118 valence electrons. The second-order valence-corrected chi connectivity index (χ2v) is 6.09. The molecule has 0 fully saturated rings. The Morgan fingerprint density at radius 3 is 2.75 bits per heavy atom. The number of halogens is 1. The Hall–Kier alpha value is -2.78. The molecule has 0 saturated carbocycles. The van der Waals surface area contributed by atoms with Gasteiger partial charge in [0.15, 0.2) is 0 Å². The van der Waals surface area contributed by atoms with Gasteiger partial charge in [-0.15, -0.1) is 0 Å². The Balaban J connectivity index is 1.61. The number of hydrogen-bond acceptors (Lipinski definition) is 2. The molecule has 0 radical (unpaired) electrons. The molecule has 0 aliphatic carbocycles. The van der Waals surface area contributed by atoms with E-state index in [1.807, 2.05) is 54.6 Å². The number of amides is 1. The van der Waals surface area contributed by atoms with E-state index in [-0.39, 0.29) is 12.3 Å². The number of carbonyl (C=O) groups excluding carboxylic acids is 1. The van der Waals surface area contributed by atoms with E-state index in [2.05, 4.69) is 5.32 Å². The first kappa shape index (κ1) is 14.8. The second kappa shape index (κ2) is 6.02. The van der Waals surface area contributed by atoms with Crippen molar-refractivity contribution in [2.75, 3.05) is 5.32 Å². The maximum absolute atomic E-state index is 12.5. The topological polar surface area (TPSA) is 42.2 Å². The van der Waals surface area contributed by atoms with Crippen molar-refractivity contribution in [1.29, 1.82) is 0 Å². The summed E-state index contributed by atoms with van der Waals surface area (Å²) in [4.78, 5) is 12.5. The van der Waals surface area contributed by atoms with Crippen LogP contribution in [-0.4, -0.2) is 5.91 Å². The van der Waals surface area contributed by atoms with Crippen molar-refractivity contribution in [1.82, 2.24) is 0 Å². The van der Waals surface area contributed by atoms with Gasteiger partial charge in [0, 0.05) is 27.0 Å². The van der Waals surface area contributed by atoms with Gasteiger partial charge in [0.25, 0.3) is 0 Å². The number of furan rings is 1. The average molecular weight is 336 g/mol. The van der Waals surface area contributed by atoms with Gasteiger partial charge in [-0.05, 0) is 29.7 Å². The molecule has 0 bridgehead atoms.